The van der Waals surface area contributed by atoms with Crippen molar-refractivity contribution in [2.75, 3.05) is 13.1 Å². The van der Waals surface area contributed by atoms with Crippen molar-refractivity contribution in [3.05, 3.63) is 65.7 Å². The maximum atomic E-state index is 14.0. The Balaban J connectivity index is 1.51. The van der Waals surface area contributed by atoms with E-state index in [1.807, 2.05) is 18.3 Å². The standard InChI is InChI=1S/C17H16FN3O/c18-15-6-2-1-5-13(15)17-14-10-21(11-16(14)22-20-17)9-12-4-3-7-19-8-12/h1-8,14,16H,9-11H2/t14-,16-/m0/s1. The molecule has 22 heavy (non-hydrogen) atoms. The number of aromatic nitrogens is 1. The number of rotatable bonds is 3. The molecule has 0 bridgehead atoms. The van der Waals surface area contributed by atoms with Crippen LogP contribution in [0.5, 0.6) is 0 Å². The molecule has 1 aromatic heterocycles. The van der Waals surface area contributed by atoms with E-state index in [1.54, 1.807) is 18.3 Å². The van der Waals surface area contributed by atoms with Gasteiger partial charge in [0.05, 0.1) is 11.6 Å². The highest BCUT2D eigenvalue weighted by atomic mass is 19.1. The van der Waals surface area contributed by atoms with E-state index >= 15 is 0 Å². The van der Waals surface area contributed by atoms with Gasteiger partial charge in [0, 0.05) is 37.6 Å². The number of halogens is 1. The molecule has 2 atom stereocenters. The van der Waals surface area contributed by atoms with Crippen molar-refractivity contribution in [2.24, 2.45) is 11.1 Å². The predicted octanol–water partition coefficient (Wildman–Crippen LogP) is 2.46. The van der Waals surface area contributed by atoms with Crippen molar-refractivity contribution in [3.8, 4) is 0 Å². The van der Waals surface area contributed by atoms with Crippen LogP contribution in [0.3, 0.4) is 0 Å². The van der Waals surface area contributed by atoms with Crippen molar-refractivity contribution < 1.29 is 9.23 Å². The zero-order chi connectivity index (χ0) is 14.9. The molecule has 1 saturated heterocycles. The first-order valence-electron chi connectivity index (χ1n) is 7.41. The van der Waals surface area contributed by atoms with E-state index in [1.165, 1.54) is 11.6 Å². The van der Waals surface area contributed by atoms with Gasteiger partial charge in [0.1, 0.15) is 11.9 Å². The SMILES string of the molecule is Fc1ccccc1C1=NO[C@H]2CN(Cc3cccnc3)C[C@H]12. The highest BCUT2D eigenvalue weighted by Gasteiger charge is 2.43. The smallest absolute Gasteiger partial charge is 0.149 e. The minimum absolute atomic E-state index is 0.0197. The number of likely N-dealkylation sites (tertiary alicyclic amines) is 1. The van der Waals surface area contributed by atoms with Crippen LogP contribution >= 0.6 is 0 Å². The van der Waals surface area contributed by atoms with E-state index in [4.69, 9.17) is 4.84 Å². The van der Waals surface area contributed by atoms with Crippen molar-refractivity contribution in [2.45, 2.75) is 12.6 Å². The van der Waals surface area contributed by atoms with Crippen LogP contribution in [0.25, 0.3) is 0 Å². The maximum Gasteiger partial charge on any atom is 0.149 e. The van der Waals surface area contributed by atoms with Crippen LogP contribution < -0.4 is 0 Å². The van der Waals surface area contributed by atoms with Crippen molar-refractivity contribution >= 4 is 5.71 Å². The number of oxime groups is 1. The lowest BCUT2D eigenvalue weighted by molar-refractivity contribution is 0.0745. The lowest BCUT2D eigenvalue weighted by atomic mass is 9.94. The molecule has 0 N–H and O–H groups in total. The minimum Gasteiger partial charge on any atom is -0.390 e. The second kappa shape index (κ2) is 5.50. The van der Waals surface area contributed by atoms with Crippen molar-refractivity contribution in [3.63, 3.8) is 0 Å². The molecule has 0 saturated carbocycles. The summed E-state index contributed by atoms with van der Waals surface area (Å²) in [5, 5.41) is 4.13. The molecule has 1 fully saturated rings. The molecule has 0 aliphatic carbocycles. The van der Waals surface area contributed by atoms with Crippen LogP contribution in [0.1, 0.15) is 11.1 Å². The van der Waals surface area contributed by atoms with E-state index in [2.05, 4.69) is 21.1 Å². The molecule has 0 spiro atoms. The van der Waals surface area contributed by atoms with Crippen molar-refractivity contribution in [1.29, 1.82) is 0 Å². The molecule has 4 rings (SSSR count). The number of fused-ring (bicyclic) bond motifs is 1. The third-order valence-corrected chi connectivity index (χ3v) is 4.26. The van der Waals surface area contributed by atoms with Gasteiger partial charge in [-0.3, -0.25) is 9.88 Å². The number of hydrogen-bond donors (Lipinski definition) is 0. The Bertz CT molecular complexity index is 704. The molecule has 2 aliphatic rings. The van der Waals surface area contributed by atoms with Gasteiger partial charge in [0.25, 0.3) is 0 Å². The Kier molecular flexibility index (Phi) is 3.35. The molecule has 2 aliphatic heterocycles. The molecule has 2 aromatic rings. The molecule has 3 heterocycles. The van der Waals surface area contributed by atoms with Crippen LogP contribution in [0.4, 0.5) is 4.39 Å². The summed E-state index contributed by atoms with van der Waals surface area (Å²) in [7, 11) is 0. The summed E-state index contributed by atoms with van der Waals surface area (Å²) in [4.78, 5) is 12.0. The van der Waals surface area contributed by atoms with E-state index in [9.17, 15) is 4.39 Å². The maximum absolute atomic E-state index is 14.0. The number of benzene rings is 1. The summed E-state index contributed by atoms with van der Waals surface area (Å²) >= 11 is 0. The molecule has 0 unspecified atom stereocenters. The van der Waals surface area contributed by atoms with Gasteiger partial charge < -0.3 is 4.84 Å². The van der Waals surface area contributed by atoms with Gasteiger partial charge in [-0.2, -0.15) is 0 Å². The van der Waals surface area contributed by atoms with E-state index in [0.717, 1.165) is 25.3 Å². The predicted molar refractivity (Wildman–Crippen MR) is 80.8 cm³/mol. The van der Waals surface area contributed by atoms with Gasteiger partial charge in [-0.1, -0.05) is 29.4 Å². The van der Waals surface area contributed by atoms with Gasteiger partial charge in [0.2, 0.25) is 0 Å². The van der Waals surface area contributed by atoms with Gasteiger partial charge in [-0.25, -0.2) is 4.39 Å². The van der Waals surface area contributed by atoms with Crippen LogP contribution in [0.15, 0.2) is 53.9 Å². The van der Waals surface area contributed by atoms with Gasteiger partial charge in [0.15, 0.2) is 0 Å². The zero-order valence-electron chi connectivity index (χ0n) is 12.0. The lowest BCUT2D eigenvalue weighted by Crippen LogP contribution is -2.23. The van der Waals surface area contributed by atoms with E-state index in [-0.39, 0.29) is 17.8 Å². The third-order valence-electron chi connectivity index (χ3n) is 4.26. The largest absolute Gasteiger partial charge is 0.390 e. The summed E-state index contributed by atoms with van der Waals surface area (Å²) in [6.07, 6.45) is 3.67. The molecular formula is C17H16FN3O. The average molecular weight is 297 g/mol. The fourth-order valence-electron chi connectivity index (χ4n) is 3.21. The summed E-state index contributed by atoms with van der Waals surface area (Å²) in [5.41, 5.74) is 2.46. The first kappa shape index (κ1) is 13.4. The Morgan fingerprint density at radius 3 is 2.91 bits per heavy atom. The quantitative estimate of drug-likeness (QED) is 0.873. The monoisotopic (exact) mass is 297 g/mol. The Hall–Kier alpha value is -2.27. The second-order valence-corrected chi connectivity index (χ2v) is 5.76. The summed E-state index contributed by atoms with van der Waals surface area (Å²) < 4.78 is 14.0. The molecule has 0 amide bonds. The minimum atomic E-state index is -0.240. The normalized spacial score (nSPS) is 24.0. The average Bonchev–Trinajstić information content (AvgIpc) is 3.09. The van der Waals surface area contributed by atoms with Crippen molar-refractivity contribution in [1.82, 2.24) is 9.88 Å². The highest BCUT2D eigenvalue weighted by molar-refractivity contribution is 6.03. The third kappa shape index (κ3) is 2.37. The first-order valence-corrected chi connectivity index (χ1v) is 7.41. The van der Waals surface area contributed by atoms with Gasteiger partial charge in [-0.15, -0.1) is 0 Å². The fourth-order valence-corrected chi connectivity index (χ4v) is 3.21. The highest BCUT2D eigenvalue weighted by Crippen LogP contribution is 2.31. The topological polar surface area (TPSA) is 37.7 Å². The summed E-state index contributed by atoms with van der Waals surface area (Å²) in [6.45, 7) is 2.46. The summed E-state index contributed by atoms with van der Waals surface area (Å²) in [5.74, 6) is -0.107. The molecule has 0 radical (unpaired) electrons. The van der Waals surface area contributed by atoms with Crippen LogP contribution in [-0.4, -0.2) is 34.8 Å². The van der Waals surface area contributed by atoms with E-state index in [0.29, 0.717) is 5.56 Å². The van der Waals surface area contributed by atoms with Gasteiger partial charge in [-0.05, 0) is 17.7 Å². The molecular weight excluding hydrogens is 281 g/mol. The van der Waals surface area contributed by atoms with Gasteiger partial charge >= 0.3 is 0 Å². The van der Waals surface area contributed by atoms with E-state index < -0.39 is 0 Å². The molecule has 5 heteroatoms. The van der Waals surface area contributed by atoms with Crippen LogP contribution in [-0.2, 0) is 11.4 Å². The number of pyridine rings is 1. The lowest BCUT2D eigenvalue weighted by Gasteiger charge is -2.16. The van der Waals surface area contributed by atoms with Crippen LogP contribution in [0, 0.1) is 11.7 Å². The second-order valence-electron chi connectivity index (χ2n) is 5.76. The Labute approximate surface area is 128 Å². The zero-order valence-corrected chi connectivity index (χ0v) is 12.0. The fraction of sp³-hybridized carbons (Fsp3) is 0.294. The number of hydrogen-bond acceptors (Lipinski definition) is 4. The Morgan fingerprint density at radius 1 is 1.18 bits per heavy atom. The Morgan fingerprint density at radius 2 is 2.09 bits per heavy atom. The first-order chi connectivity index (χ1) is 10.8. The summed E-state index contributed by atoms with van der Waals surface area (Å²) in [6, 6.07) is 10.8. The molecule has 1 aromatic carbocycles. The molecule has 4 nitrogen and oxygen atoms in total. The van der Waals surface area contributed by atoms with Crippen LogP contribution in [0.2, 0.25) is 0 Å². The number of nitrogens with zero attached hydrogens (tertiary/aromatic N) is 3. The molecule has 112 valence electrons.